The molecule has 0 aliphatic carbocycles. The van der Waals surface area contributed by atoms with Crippen molar-refractivity contribution in [3.63, 3.8) is 0 Å². The smallest absolute Gasteiger partial charge is 0.260 e. The quantitative estimate of drug-likeness (QED) is 0.620. The number of aromatic nitrogens is 1. The van der Waals surface area contributed by atoms with E-state index in [4.69, 9.17) is 0 Å². The molecule has 1 aromatic carbocycles. The Morgan fingerprint density at radius 3 is 2.53 bits per heavy atom. The number of para-hydroxylation sites is 1. The Balaban J connectivity index is 2.53. The third kappa shape index (κ3) is 2.59. The summed E-state index contributed by atoms with van der Waals surface area (Å²) in [5, 5.41) is 10.9. The molecule has 0 aliphatic heterocycles. The number of rotatable bonds is 3. The lowest BCUT2D eigenvalue weighted by molar-refractivity contribution is -0.386. The lowest BCUT2D eigenvalue weighted by Crippen LogP contribution is -1.97. The first kappa shape index (κ1) is 13.1. The number of nitro benzene ring substituents is 1. The first-order valence-corrected chi connectivity index (χ1v) is 5.90. The second-order valence-electron chi connectivity index (χ2n) is 4.52. The van der Waals surface area contributed by atoms with E-state index in [0.29, 0.717) is 5.56 Å². The fraction of sp³-hybridized carbons (Fsp3) is 0.214. The number of nitrogens with zero attached hydrogens (tertiary/aromatic N) is 2. The molecule has 0 radical (unpaired) electrons. The predicted octanol–water partition coefficient (Wildman–Crippen LogP) is 3.92. The van der Waals surface area contributed by atoms with Crippen LogP contribution in [0.2, 0.25) is 0 Å². The van der Waals surface area contributed by atoms with Gasteiger partial charge in [0.1, 0.15) is 0 Å². The second-order valence-corrected chi connectivity index (χ2v) is 4.52. The molecule has 19 heavy (non-hydrogen) atoms. The van der Waals surface area contributed by atoms with Crippen LogP contribution in [0.15, 0.2) is 36.5 Å². The molecule has 5 heteroatoms. The minimum absolute atomic E-state index is 0.243. The Kier molecular flexibility index (Phi) is 3.55. The molecule has 0 aliphatic rings. The highest BCUT2D eigenvalue weighted by Crippen LogP contribution is 2.31. The molecule has 0 amide bonds. The van der Waals surface area contributed by atoms with Gasteiger partial charge in [0.15, 0.2) is 0 Å². The van der Waals surface area contributed by atoms with Gasteiger partial charge in [-0.15, -0.1) is 0 Å². The van der Waals surface area contributed by atoms with Gasteiger partial charge in [-0.2, -0.15) is 4.39 Å². The Morgan fingerprint density at radius 1 is 1.26 bits per heavy atom. The Labute approximate surface area is 110 Å². The summed E-state index contributed by atoms with van der Waals surface area (Å²) in [6.07, 6.45) is 1.54. The van der Waals surface area contributed by atoms with Crippen LogP contribution in [-0.4, -0.2) is 9.91 Å². The molecule has 0 unspecified atom stereocenters. The number of halogens is 1. The molecule has 4 nitrogen and oxygen atoms in total. The van der Waals surface area contributed by atoms with Crippen molar-refractivity contribution in [2.75, 3.05) is 0 Å². The van der Waals surface area contributed by atoms with E-state index in [1.165, 1.54) is 18.3 Å². The third-order valence-electron chi connectivity index (χ3n) is 2.86. The van der Waals surface area contributed by atoms with E-state index >= 15 is 0 Å². The molecule has 0 N–H and O–H groups in total. The van der Waals surface area contributed by atoms with E-state index in [0.717, 1.165) is 11.8 Å². The van der Waals surface area contributed by atoms with Crippen molar-refractivity contribution in [1.82, 2.24) is 4.98 Å². The molecule has 0 atom stereocenters. The fourth-order valence-electron chi connectivity index (χ4n) is 1.84. The van der Waals surface area contributed by atoms with Gasteiger partial charge < -0.3 is 0 Å². The SMILES string of the molecule is CC(C)c1ccc(-c2cccc(F)c2[N+](=O)[O-])cn1. The van der Waals surface area contributed by atoms with Crippen LogP contribution in [-0.2, 0) is 0 Å². The summed E-state index contributed by atoms with van der Waals surface area (Å²) in [7, 11) is 0. The van der Waals surface area contributed by atoms with Crippen LogP contribution in [0.3, 0.4) is 0 Å². The highest BCUT2D eigenvalue weighted by atomic mass is 19.1. The highest BCUT2D eigenvalue weighted by molar-refractivity contribution is 5.73. The van der Waals surface area contributed by atoms with Gasteiger partial charge in [0.25, 0.3) is 0 Å². The van der Waals surface area contributed by atoms with Gasteiger partial charge in [-0.3, -0.25) is 15.1 Å². The summed E-state index contributed by atoms with van der Waals surface area (Å²) in [5.74, 6) is -0.563. The van der Waals surface area contributed by atoms with Gasteiger partial charge in [0.2, 0.25) is 5.82 Å². The summed E-state index contributed by atoms with van der Waals surface area (Å²) in [6, 6.07) is 7.58. The topological polar surface area (TPSA) is 56.0 Å². The number of hydrogen-bond donors (Lipinski definition) is 0. The Hall–Kier alpha value is -2.30. The maximum Gasteiger partial charge on any atom is 0.312 e. The van der Waals surface area contributed by atoms with E-state index < -0.39 is 16.4 Å². The maximum absolute atomic E-state index is 13.5. The maximum atomic E-state index is 13.5. The minimum Gasteiger partial charge on any atom is -0.260 e. The average Bonchev–Trinajstić information content (AvgIpc) is 2.38. The molecular weight excluding hydrogens is 247 g/mol. The summed E-state index contributed by atoms with van der Waals surface area (Å²) in [4.78, 5) is 14.5. The summed E-state index contributed by atoms with van der Waals surface area (Å²) < 4.78 is 13.5. The highest BCUT2D eigenvalue weighted by Gasteiger charge is 2.20. The number of benzene rings is 1. The standard InChI is InChI=1S/C14H13FN2O2/c1-9(2)13-7-6-10(8-16-13)11-4-3-5-12(15)14(11)17(18)19/h3-9H,1-2H3. The average molecular weight is 260 g/mol. The van der Waals surface area contributed by atoms with E-state index in [9.17, 15) is 14.5 Å². The molecule has 1 aromatic heterocycles. The minimum atomic E-state index is -0.838. The van der Waals surface area contributed by atoms with Crippen LogP contribution in [0.25, 0.3) is 11.1 Å². The second kappa shape index (κ2) is 5.14. The zero-order chi connectivity index (χ0) is 14.0. The fourth-order valence-corrected chi connectivity index (χ4v) is 1.84. The molecule has 0 spiro atoms. The van der Waals surface area contributed by atoms with Crippen molar-refractivity contribution in [3.8, 4) is 11.1 Å². The van der Waals surface area contributed by atoms with Crippen LogP contribution in [0.5, 0.6) is 0 Å². The lowest BCUT2D eigenvalue weighted by atomic mass is 10.0. The van der Waals surface area contributed by atoms with E-state index in [1.807, 2.05) is 13.8 Å². The van der Waals surface area contributed by atoms with Gasteiger partial charge in [-0.1, -0.05) is 26.0 Å². The van der Waals surface area contributed by atoms with E-state index in [-0.39, 0.29) is 11.5 Å². The van der Waals surface area contributed by atoms with Crippen molar-refractivity contribution in [2.45, 2.75) is 19.8 Å². The monoisotopic (exact) mass is 260 g/mol. The number of pyridine rings is 1. The summed E-state index contributed by atoms with van der Waals surface area (Å²) in [5.41, 5.74) is 1.16. The zero-order valence-electron chi connectivity index (χ0n) is 10.6. The Morgan fingerprint density at radius 2 is 2.00 bits per heavy atom. The van der Waals surface area contributed by atoms with Gasteiger partial charge in [-0.25, -0.2) is 0 Å². The number of hydrogen-bond acceptors (Lipinski definition) is 3. The van der Waals surface area contributed by atoms with E-state index in [2.05, 4.69) is 4.98 Å². The molecule has 2 rings (SSSR count). The molecule has 0 bridgehead atoms. The molecule has 2 aromatic rings. The van der Waals surface area contributed by atoms with Crippen molar-refractivity contribution in [2.24, 2.45) is 0 Å². The number of nitro groups is 1. The van der Waals surface area contributed by atoms with Crippen molar-refractivity contribution in [1.29, 1.82) is 0 Å². The van der Waals surface area contributed by atoms with Crippen LogP contribution >= 0.6 is 0 Å². The van der Waals surface area contributed by atoms with Gasteiger partial charge in [0, 0.05) is 17.5 Å². The normalized spacial score (nSPS) is 10.7. The van der Waals surface area contributed by atoms with Crippen LogP contribution in [0, 0.1) is 15.9 Å². The van der Waals surface area contributed by atoms with E-state index in [1.54, 1.807) is 12.1 Å². The van der Waals surface area contributed by atoms with Crippen LogP contribution in [0.4, 0.5) is 10.1 Å². The molecule has 0 fully saturated rings. The first-order chi connectivity index (χ1) is 9.00. The van der Waals surface area contributed by atoms with Crippen LogP contribution in [0.1, 0.15) is 25.5 Å². The molecule has 0 saturated heterocycles. The van der Waals surface area contributed by atoms with Crippen molar-refractivity contribution < 1.29 is 9.31 Å². The molecule has 1 heterocycles. The van der Waals surface area contributed by atoms with Gasteiger partial charge >= 0.3 is 5.69 Å². The zero-order valence-corrected chi connectivity index (χ0v) is 10.6. The molecular formula is C14H13FN2O2. The third-order valence-corrected chi connectivity index (χ3v) is 2.86. The molecule has 98 valence electrons. The van der Waals surface area contributed by atoms with Gasteiger partial charge in [-0.05, 0) is 24.1 Å². The predicted molar refractivity (Wildman–Crippen MR) is 70.4 cm³/mol. The molecule has 0 saturated carbocycles. The van der Waals surface area contributed by atoms with Crippen LogP contribution < -0.4 is 0 Å². The first-order valence-electron chi connectivity index (χ1n) is 5.90. The largest absolute Gasteiger partial charge is 0.312 e. The van der Waals surface area contributed by atoms with Gasteiger partial charge in [0.05, 0.1) is 10.5 Å². The summed E-state index contributed by atoms with van der Waals surface area (Å²) >= 11 is 0. The van der Waals surface area contributed by atoms with Crippen molar-refractivity contribution in [3.05, 3.63) is 58.2 Å². The lowest BCUT2D eigenvalue weighted by Gasteiger charge is -2.07. The summed E-state index contributed by atoms with van der Waals surface area (Å²) in [6.45, 7) is 4.01. The Bertz CT molecular complexity index is 609. The van der Waals surface area contributed by atoms with Crippen molar-refractivity contribution >= 4 is 5.69 Å².